The van der Waals surface area contributed by atoms with Gasteiger partial charge in [-0.3, -0.25) is 14.3 Å². The smallest absolute Gasteiger partial charge is 0.330 e. The first-order valence-electron chi connectivity index (χ1n) is 8.91. The molecule has 3 heterocycles. The molecular weight excluding hydrogens is 322 g/mol. The Morgan fingerprint density at radius 3 is 2.64 bits per heavy atom. The zero-order valence-corrected chi connectivity index (χ0v) is 14.2. The molecule has 132 valence electrons. The minimum Gasteiger partial charge on any atom is -0.396 e. The van der Waals surface area contributed by atoms with E-state index >= 15 is 0 Å². The molecule has 8 nitrogen and oxygen atoms in total. The Kier molecular flexibility index (Phi) is 2.96. The number of aliphatic hydroxyl groups is 1. The van der Waals surface area contributed by atoms with E-state index in [4.69, 9.17) is 0 Å². The Bertz CT molecular complexity index is 986. The summed E-state index contributed by atoms with van der Waals surface area (Å²) >= 11 is 0. The highest BCUT2D eigenvalue weighted by atomic mass is 16.3. The van der Waals surface area contributed by atoms with E-state index in [1.807, 2.05) is 0 Å². The lowest BCUT2D eigenvalue weighted by atomic mass is 9.94. The minimum atomic E-state index is -0.422. The molecule has 25 heavy (non-hydrogen) atoms. The van der Waals surface area contributed by atoms with Gasteiger partial charge in [0, 0.05) is 31.7 Å². The van der Waals surface area contributed by atoms with Crippen LogP contribution in [0.25, 0.3) is 11.0 Å². The minimum absolute atomic E-state index is 0.118. The van der Waals surface area contributed by atoms with Crippen molar-refractivity contribution >= 4 is 17.0 Å². The third-order valence-corrected chi connectivity index (χ3v) is 6.07. The van der Waals surface area contributed by atoms with Gasteiger partial charge in [-0.05, 0) is 38.0 Å². The van der Waals surface area contributed by atoms with E-state index < -0.39 is 11.2 Å². The van der Waals surface area contributed by atoms with Crippen LogP contribution in [0.3, 0.4) is 0 Å². The molecule has 0 radical (unpaired) electrons. The summed E-state index contributed by atoms with van der Waals surface area (Å²) in [6.07, 6.45) is 4.12. The van der Waals surface area contributed by atoms with E-state index in [0.717, 1.165) is 38.8 Å². The molecule has 1 unspecified atom stereocenters. The third kappa shape index (κ3) is 2.16. The molecule has 8 heteroatoms. The zero-order valence-electron chi connectivity index (χ0n) is 14.2. The molecule has 1 spiro atoms. The van der Waals surface area contributed by atoms with Crippen LogP contribution in [0.15, 0.2) is 9.59 Å². The Morgan fingerprint density at radius 1 is 1.28 bits per heavy atom. The molecule has 1 saturated heterocycles. The Morgan fingerprint density at radius 2 is 2.04 bits per heavy atom. The lowest BCUT2D eigenvalue weighted by Crippen LogP contribution is -2.32. The largest absolute Gasteiger partial charge is 0.396 e. The molecule has 2 aliphatic carbocycles. The lowest BCUT2D eigenvalue weighted by molar-refractivity contribution is 0.197. The van der Waals surface area contributed by atoms with Gasteiger partial charge in [-0.25, -0.2) is 9.78 Å². The van der Waals surface area contributed by atoms with Gasteiger partial charge in [-0.2, -0.15) is 4.98 Å². The van der Waals surface area contributed by atoms with Gasteiger partial charge in [0.25, 0.3) is 5.56 Å². The van der Waals surface area contributed by atoms with Gasteiger partial charge >= 0.3 is 5.69 Å². The van der Waals surface area contributed by atoms with Gasteiger partial charge in [0.15, 0.2) is 5.65 Å². The van der Waals surface area contributed by atoms with Crippen molar-refractivity contribution in [3.8, 4) is 0 Å². The third-order valence-electron chi connectivity index (χ3n) is 6.07. The number of aryl methyl sites for hydroxylation is 1. The molecule has 1 aliphatic heterocycles. The van der Waals surface area contributed by atoms with Gasteiger partial charge in [0.1, 0.15) is 5.39 Å². The number of H-pyrrole nitrogens is 1. The summed E-state index contributed by atoms with van der Waals surface area (Å²) in [5, 5.41) is 10.1. The van der Waals surface area contributed by atoms with Crippen molar-refractivity contribution in [1.29, 1.82) is 0 Å². The van der Waals surface area contributed by atoms with Crippen molar-refractivity contribution in [1.82, 2.24) is 19.5 Å². The summed E-state index contributed by atoms with van der Waals surface area (Å²) in [7, 11) is 0. The maximum atomic E-state index is 12.3. The van der Waals surface area contributed by atoms with Crippen LogP contribution in [0.2, 0.25) is 0 Å². The van der Waals surface area contributed by atoms with Crippen molar-refractivity contribution < 1.29 is 5.11 Å². The molecule has 1 atom stereocenters. The normalized spacial score (nSPS) is 24.4. The van der Waals surface area contributed by atoms with Crippen molar-refractivity contribution in [3.05, 3.63) is 26.5 Å². The monoisotopic (exact) mass is 343 g/mol. The highest BCUT2D eigenvalue weighted by Crippen LogP contribution is 2.56. The molecule has 3 aliphatic rings. The van der Waals surface area contributed by atoms with Crippen LogP contribution in [0.4, 0.5) is 5.95 Å². The molecule has 5 rings (SSSR count). The van der Waals surface area contributed by atoms with Gasteiger partial charge in [-0.1, -0.05) is 0 Å². The number of fused-ring (bicyclic) bond motifs is 1. The van der Waals surface area contributed by atoms with Crippen molar-refractivity contribution in [2.45, 2.75) is 38.6 Å². The summed E-state index contributed by atoms with van der Waals surface area (Å²) in [6, 6.07) is 0.118. The Balaban J connectivity index is 1.67. The maximum Gasteiger partial charge on any atom is 0.330 e. The maximum absolute atomic E-state index is 12.3. The number of aromatic nitrogens is 4. The average Bonchev–Trinajstić information content (AvgIpc) is 3.46. The van der Waals surface area contributed by atoms with E-state index in [0.29, 0.717) is 22.7 Å². The van der Waals surface area contributed by atoms with Crippen LogP contribution in [-0.4, -0.2) is 44.3 Å². The van der Waals surface area contributed by atoms with Crippen molar-refractivity contribution in [2.24, 2.45) is 11.3 Å². The van der Waals surface area contributed by atoms with Crippen LogP contribution < -0.4 is 16.1 Å². The summed E-state index contributed by atoms with van der Waals surface area (Å²) in [6.45, 7) is 3.52. The van der Waals surface area contributed by atoms with E-state index in [1.54, 1.807) is 11.5 Å². The van der Waals surface area contributed by atoms with Crippen LogP contribution in [0.5, 0.6) is 0 Å². The fourth-order valence-corrected chi connectivity index (χ4v) is 4.28. The van der Waals surface area contributed by atoms with Crippen LogP contribution >= 0.6 is 0 Å². The molecule has 2 saturated carbocycles. The first-order valence-corrected chi connectivity index (χ1v) is 8.91. The summed E-state index contributed by atoms with van der Waals surface area (Å²) in [5.41, 5.74) is 0.418. The molecule has 3 fully saturated rings. The highest BCUT2D eigenvalue weighted by molar-refractivity contribution is 5.78. The van der Waals surface area contributed by atoms with Gasteiger partial charge in [-0.15, -0.1) is 0 Å². The molecule has 0 aromatic carbocycles. The lowest BCUT2D eigenvalue weighted by Gasteiger charge is -2.18. The summed E-state index contributed by atoms with van der Waals surface area (Å²) in [5.74, 6) is 0.809. The van der Waals surface area contributed by atoms with E-state index in [9.17, 15) is 14.7 Å². The molecule has 0 bridgehead atoms. The Hall–Kier alpha value is -2.22. The van der Waals surface area contributed by atoms with E-state index in [2.05, 4.69) is 19.9 Å². The summed E-state index contributed by atoms with van der Waals surface area (Å²) in [4.78, 5) is 38.2. The predicted molar refractivity (Wildman–Crippen MR) is 91.9 cm³/mol. The van der Waals surface area contributed by atoms with Gasteiger partial charge in [0.2, 0.25) is 5.95 Å². The fraction of sp³-hybridized carbons (Fsp3) is 0.647. The first kappa shape index (κ1) is 15.1. The first-order chi connectivity index (χ1) is 12.0. The molecule has 2 aromatic heterocycles. The molecule has 0 amide bonds. The Labute approximate surface area is 143 Å². The average molecular weight is 343 g/mol. The van der Waals surface area contributed by atoms with E-state index in [-0.39, 0.29) is 24.0 Å². The van der Waals surface area contributed by atoms with Crippen molar-refractivity contribution in [3.63, 3.8) is 0 Å². The van der Waals surface area contributed by atoms with Gasteiger partial charge in [0.05, 0.1) is 5.69 Å². The predicted octanol–water partition coefficient (Wildman–Crippen LogP) is 0.332. The quantitative estimate of drug-likeness (QED) is 0.832. The van der Waals surface area contributed by atoms with E-state index in [1.165, 1.54) is 0 Å². The number of nitrogens with one attached hydrogen (secondary N) is 1. The number of hydrogen-bond acceptors (Lipinski definition) is 6. The fourth-order valence-electron chi connectivity index (χ4n) is 4.28. The standard InChI is InChI=1S/C17H21N5O3/c1-9-12-13(22(11-2-3-11)16(25)20-14(12)24)19-15(18-9)21-6-10(7-23)17(8-21)4-5-17/h10-11,23H,2-8H2,1H3,(H,20,24,25). The van der Waals surface area contributed by atoms with Crippen LogP contribution in [-0.2, 0) is 0 Å². The molecule has 2 aromatic rings. The second kappa shape index (κ2) is 4.91. The molecule has 2 N–H and O–H groups in total. The van der Waals surface area contributed by atoms with Crippen LogP contribution in [0, 0.1) is 18.3 Å². The number of anilines is 1. The highest BCUT2D eigenvalue weighted by Gasteiger charge is 2.55. The topological polar surface area (TPSA) is 104 Å². The number of aromatic amines is 1. The molecular formula is C17H21N5O3. The van der Waals surface area contributed by atoms with Crippen LogP contribution in [0.1, 0.15) is 37.4 Å². The summed E-state index contributed by atoms with van der Waals surface area (Å²) < 4.78 is 1.61. The van der Waals surface area contributed by atoms with Crippen molar-refractivity contribution in [2.75, 3.05) is 24.6 Å². The number of nitrogens with zero attached hydrogens (tertiary/aromatic N) is 4. The number of hydrogen-bond donors (Lipinski definition) is 2. The number of rotatable bonds is 3. The second-order valence-corrected chi connectivity index (χ2v) is 7.79. The zero-order chi connectivity index (χ0) is 17.3. The second-order valence-electron chi connectivity index (χ2n) is 7.79. The SMILES string of the molecule is Cc1nc(N2CC(CO)C3(CC3)C2)nc2c1c(=O)[nH]c(=O)n2C1CC1. The van der Waals surface area contributed by atoms with Gasteiger partial charge < -0.3 is 10.0 Å². The number of aliphatic hydroxyl groups excluding tert-OH is 1.